The first kappa shape index (κ1) is 9.27. The van der Waals surface area contributed by atoms with Gasteiger partial charge >= 0.3 is 0 Å². The van der Waals surface area contributed by atoms with Crippen molar-refractivity contribution in [3.8, 4) is 0 Å². The van der Waals surface area contributed by atoms with E-state index >= 15 is 0 Å². The Labute approximate surface area is 52.9 Å². The van der Waals surface area contributed by atoms with Crippen molar-refractivity contribution in [2.24, 2.45) is 3.77 Å². The molecule has 0 atom stereocenters. The summed E-state index contributed by atoms with van der Waals surface area (Å²) in [6, 6.07) is 0. The van der Waals surface area contributed by atoms with E-state index in [-0.39, 0.29) is 20.1 Å². The summed E-state index contributed by atoms with van der Waals surface area (Å²) in [7, 11) is 0. The summed E-state index contributed by atoms with van der Waals surface area (Å²) in [4.78, 5) is 0. The average molecular weight is 284 g/mol. The molecular formula is IrN2S2-2. The predicted octanol–water partition coefficient (Wildman–Crippen LogP) is 0.465. The monoisotopic (exact) mass is 285 g/mol. The predicted molar refractivity (Wildman–Crippen MR) is 20.5 cm³/mol. The second-order valence-corrected chi connectivity index (χ2v) is 0.916. The molecule has 33 valence electrons. The molecular weight excluding hydrogens is 284 g/mol. The number of hydrogen-bond donors (Lipinski definition) is 0. The summed E-state index contributed by atoms with van der Waals surface area (Å²) in [6.07, 6.45) is 0. The zero-order valence-electron chi connectivity index (χ0n) is 2.04. The molecule has 0 aliphatic rings. The Morgan fingerprint density at radius 3 is 2.00 bits per heavy atom. The van der Waals surface area contributed by atoms with Gasteiger partial charge in [-0.1, -0.05) is 0 Å². The zero-order chi connectivity index (χ0) is 3.41. The normalized spacial score (nSPS) is 4.20. The summed E-state index contributed by atoms with van der Waals surface area (Å²) < 4.78 is 10.3. The molecule has 0 aromatic carbocycles. The molecule has 0 N–H and O–H groups in total. The van der Waals surface area contributed by atoms with Gasteiger partial charge in [-0.2, -0.15) is 0 Å². The van der Waals surface area contributed by atoms with E-state index in [9.17, 15) is 0 Å². The molecule has 0 saturated carbocycles. The van der Waals surface area contributed by atoms with Crippen LogP contribution in [0.25, 0.3) is 4.78 Å². The van der Waals surface area contributed by atoms with Crippen LogP contribution in [-0.4, -0.2) is 0 Å². The molecule has 5 heavy (non-hydrogen) atoms. The maximum atomic E-state index is 7.52. The molecule has 0 fully saturated rings. The average Bonchev–Trinajstić information content (AvgIpc) is 1.37. The van der Waals surface area contributed by atoms with E-state index in [4.69, 9.17) is 4.78 Å². The van der Waals surface area contributed by atoms with E-state index in [2.05, 4.69) is 16.6 Å². The molecule has 0 aromatic rings. The Balaban J connectivity index is 0. The van der Waals surface area contributed by atoms with Crippen molar-refractivity contribution in [1.82, 2.24) is 0 Å². The number of hydrogen-bond acceptors (Lipinski definition) is 2. The molecule has 0 heterocycles. The Morgan fingerprint density at radius 2 is 2.00 bits per heavy atom. The van der Waals surface area contributed by atoms with Gasteiger partial charge in [-0.25, -0.2) is 11.4 Å². The molecule has 5 heteroatoms. The van der Waals surface area contributed by atoms with Crippen molar-refractivity contribution >= 4 is 24.2 Å². The van der Waals surface area contributed by atoms with Crippen molar-refractivity contribution < 1.29 is 20.1 Å². The minimum absolute atomic E-state index is 0. The van der Waals surface area contributed by atoms with Crippen molar-refractivity contribution in [1.29, 1.82) is 0 Å². The van der Waals surface area contributed by atoms with Crippen LogP contribution in [0, 0.1) is 0 Å². The second kappa shape index (κ2) is 8.84. The van der Waals surface area contributed by atoms with E-state index in [1.807, 2.05) is 0 Å². The van der Waals surface area contributed by atoms with Gasteiger partial charge in [0, 0.05) is 20.1 Å². The summed E-state index contributed by atoms with van der Waals surface area (Å²) in [5, 5.41) is 0. The summed E-state index contributed by atoms with van der Waals surface area (Å²) in [6.45, 7) is 0. The third-order valence-corrected chi connectivity index (χ3v) is 0.300. The van der Waals surface area contributed by atoms with Crippen molar-refractivity contribution in [3.05, 3.63) is 4.78 Å². The minimum atomic E-state index is 0. The first-order chi connectivity index (χ1) is 1.91. The number of rotatable bonds is 0. The molecule has 0 spiro atoms. The Morgan fingerprint density at radius 1 is 1.80 bits per heavy atom. The number of nitrogens with zero attached hydrogens (tertiary/aromatic N) is 2. The summed E-state index contributed by atoms with van der Waals surface area (Å²) in [5.74, 6) is 0. The van der Waals surface area contributed by atoms with E-state index in [0.29, 0.717) is 11.4 Å². The fourth-order valence-corrected chi connectivity index (χ4v) is 0. The first-order valence-corrected chi connectivity index (χ1v) is 1.64. The Bertz CT molecular complexity index is 45.6. The van der Waals surface area contributed by atoms with Gasteiger partial charge in [0.25, 0.3) is 0 Å². The van der Waals surface area contributed by atoms with Crippen LogP contribution in [-0.2, 0) is 44.3 Å². The van der Waals surface area contributed by atoms with Crippen molar-refractivity contribution in [3.63, 3.8) is 0 Å². The molecule has 0 amide bonds. The second-order valence-electron chi connectivity index (χ2n) is 0.156. The van der Waals surface area contributed by atoms with E-state index in [1.165, 1.54) is 0 Å². The molecule has 0 rings (SSSR count). The van der Waals surface area contributed by atoms with Crippen LogP contribution in [0.3, 0.4) is 0 Å². The molecule has 2 nitrogen and oxygen atoms in total. The molecule has 0 aromatic heterocycles. The van der Waals surface area contributed by atoms with E-state index in [0.717, 1.165) is 0 Å². The van der Waals surface area contributed by atoms with Crippen LogP contribution >= 0.6 is 0 Å². The Hall–Kier alpha value is 0.819. The molecule has 0 aliphatic heterocycles. The van der Waals surface area contributed by atoms with E-state index < -0.39 is 0 Å². The summed E-state index contributed by atoms with van der Waals surface area (Å²) in [5.41, 5.74) is 0. The van der Waals surface area contributed by atoms with E-state index in [1.54, 1.807) is 0 Å². The third kappa shape index (κ3) is 11.6. The smallest absolute Gasteiger partial charge is 0 e. The van der Waals surface area contributed by atoms with Crippen LogP contribution in [0.15, 0.2) is 3.77 Å². The third-order valence-electron chi connectivity index (χ3n) is 0.0333. The zero-order valence-corrected chi connectivity index (χ0v) is 6.07. The van der Waals surface area contributed by atoms with Gasteiger partial charge in [0.1, 0.15) is 0 Å². The molecule has 0 unspecified atom stereocenters. The fourth-order valence-electron chi connectivity index (χ4n) is 0. The topological polar surface area (TPSA) is 34.7 Å². The van der Waals surface area contributed by atoms with Crippen LogP contribution in [0.5, 0.6) is 0 Å². The summed E-state index contributed by atoms with van der Waals surface area (Å²) >= 11 is 4.19. The van der Waals surface area contributed by atoms with Crippen LogP contribution in [0.1, 0.15) is 0 Å². The van der Waals surface area contributed by atoms with Gasteiger partial charge in [0.2, 0.25) is 0 Å². The maximum Gasteiger partial charge on any atom is 0 e. The minimum Gasteiger partial charge on any atom is -0.734 e. The van der Waals surface area contributed by atoms with Gasteiger partial charge in [-0.05, 0) is 0 Å². The van der Waals surface area contributed by atoms with Crippen molar-refractivity contribution in [2.45, 2.75) is 0 Å². The van der Waals surface area contributed by atoms with Gasteiger partial charge in [0.15, 0.2) is 0 Å². The quantitative estimate of drug-likeness (QED) is 0.595. The standard InChI is InChI=1S/Ir.HN2S2/c;1-4-2-3/h;3H/q;-1/p-1. The first-order valence-electron chi connectivity index (χ1n) is 0.548. The fraction of sp³-hybridized carbons (Fsp3) is 0. The molecule has 1 radical (unpaired) electrons. The largest absolute Gasteiger partial charge is 0.734 e. The SMILES string of the molecule is [Ir].[N-]=S=N[S-]. The molecule has 0 bridgehead atoms. The van der Waals surface area contributed by atoms with Crippen molar-refractivity contribution in [2.75, 3.05) is 0 Å². The van der Waals surface area contributed by atoms with Crippen LogP contribution in [0.2, 0.25) is 0 Å². The van der Waals surface area contributed by atoms with Gasteiger partial charge in [0.05, 0.1) is 0 Å². The van der Waals surface area contributed by atoms with Gasteiger partial charge < -0.3 is 21.4 Å². The maximum absolute atomic E-state index is 7.52. The van der Waals surface area contributed by atoms with Crippen LogP contribution in [0.4, 0.5) is 0 Å². The Kier molecular flexibility index (Phi) is 16.4. The van der Waals surface area contributed by atoms with Gasteiger partial charge in [-0.3, -0.25) is 0 Å². The van der Waals surface area contributed by atoms with Crippen LogP contribution < -0.4 is 0 Å². The molecule has 0 aliphatic carbocycles. The van der Waals surface area contributed by atoms with Gasteiger partial charge in [-0.15, -0.1) is 0 Å². The molecule has 0 saturated heterocycles.